The summed E-state index contributed by atoms with van der Waals surface area (Å²) in [6, 6.07) is 3.95. The molecule has 0 spiro atoms. The molecule has 0 aromatic carbocycles. The minimum absolute atomic E-state index is 0.0574. The van der Waals surface area contributed by atoms with Crippen LogP contribution in [0.25, 0.3) is 5.82 Å². The second-order valence-corrected chi connectivity index (χ2v) is 7.41. The van der Waals surface area contributed by atoms with Gasteiger partial charge in [-0.05, 0) is 24.6 Å². The lowest BCUT2D eigenvalue weighted by molar-refractivity contribution is 0.379. The van der Waals surface area contributed by atoms with Crippen molar-refractivity contribution in [2.24, 2.45) is 4.99 Å². The van der Waals surface area contributed by atoms with Gasteiger partial charge in [0.15, 0.2) is 5.96 Å². The molecule has 0 aliphatic heterocycles. The summed E-state index contributed by atoms with van der Waals surface area (Å²) in [7, 11) is 0. The first-order valence-electron chi connectivity index (χ1n) is 9.36. The number of aliphatic imine (C=N–C) groups is 1. The first-order chi connectivity index (χ1) is 13.5. The number of nitrogens with zero attached hydrogens (tertiary/aromatic N) is 5. The molecule has 3 aromatic heterocycles. The van der Waals surface area contributed by atoms with E-state index in [0.29, 0.717) is 24.9 Å². The van der Waals surface area contributed by atoms with Gasteiger partial charge in [0.1, 0.15) is 17.9 Å². The fourth-order valence-electron chi connectivity index (χ4n) is 2.50. The summed E-state index contributed by atoms with van der Waals surface area (Å²) < 4.78 is 7.69. The molecule has 8 nitrogen and oxygen atoms in total. The Kier molecular flexibility index (Phi) is 6.08. The van der Waals surface area contributed by atoms with E-state index in [-0.39, 0.29) is 5.41 Å². The summed E-state index contributed by atoms with van der Waals surface area (Å²) in [5.41, 5.74) is 1.00. The quantitative estimate of drug-likeness (QED) is 0.504. The highest BCUT2D eigenvalue weighted by Gasteiger charge is 2.19. The molecule has 0 aliphatic carbocycles. The monoisotopic (exact) mass is 381 g/mol. The average molecular weight is 381 g/mol. The number of hydrogen-bond acceptors (Lipinski definition) is 5. The minimum Gasteiger partial charge on any atom is -0.443 e. The fourth-order valence-corrected chi connectivity index (χ4v) is 2.50. The van der Waals surface area contributed by atoms with Gasteiger partial charge in [0.05, 0.1) is 19.3 Å². The Morgan fingerprint density at radius 2 is 2.07 bits per heavy atom. The highest BCUT2D eigenvalue weighted by Crippen LogP contribution is 2.22. The fraction of sp³-hybridized carbons (Fsp3) is 0.400. The molecular weight excluding hydrogens is 354 g/mol. The molecule has 3 aromatic rings. The van der Waals surface area contributed by atoms with Gasteiger partial charge in [-0.3, -0.25) is 4.57 Å². The molecule has 3 rings (SSSR count). The molecule has 0 aliphatic rings. The van der Waals surface area contributed by atoms with E-state index in [4.69, 9.17) is 4.42 Å². The first-order valence-corrected chi connectivity index (χ1v) is 9.36. The lowest BCUT2D eigenvalue weighted by Gasteiger charge is -2.13. The molecule has 0 radical (unpaired) electrons. The Labute approximate surface area is 165 Å². The second-order valence-electron chi connectivity index (χ2n) is 7.41. The topological polar surface area (TPSA) is 93.2 Å². The van der Waals surface area contributed by atoms with Gasteiger partial charge in [-0.1, -0.05) is 20.8 Å². The van der Waals surface area contributed by atoms with Crippen LogP contribution in [-0.4, -0.2) is 32.0 Å². The second kappa shape index (κ2) is 8.69. The maximum Gasteiger partial charge on any atom is 0.213 e. The molecule has 28 heavy (non-hydrogen) atoms. The third kappa shape index (κ3) is 5.18. The Bertz CT molecular complexity index is 907. The number of imidazole rings is 1. The van der Waals surface area contributed by atoms with Crippen molar-refractivity contribution in [1.82, 2.24) is 30.2 Å². The SMILES string of the molecule is CCNC(=NCc1ccnc(-n2ccnc2)c1)NCc1ncc(C(C)(C)C)o1. The Morgan fingerprint density at radius 3 is 2.75 bits per heavy atom. The molecule has 0 saturated carbocycles. The molecule has 8 heteroatoms. The van der Waals surface area contributed by atoms with Crippen molar-refractivity contribution < 1.29 is 4.42 Å². The van der Waals surface area contributed by atoms with E-state index < -0.39 is 0 Å². The standard InChI is InChI=1S/C20H27N7O/c1-5-22-19(26-13-18-24-12-16(28-18)20(2,3)4)25-11-15-6-7-23-17(10-15)27-9-8-21-14-27/h6-10,12,14H,5,11,13H2,1-4H3,(H2,22,25,26). The van der Waals surface area contributed by atoms with Gasteiger partial charge in [-0.2, -0.15) is 0 Å². The molecule has 0 amide bonds. The Balaban J connectivity index is 1.64. The van der Waals surface area contributed by atoms with E-state index in [2.05, 4.69) is 51.3 Å². The van der Waals surface area contributed by atoms with Crippen LogP contribution in [0.1, 0.15) is 44.9 Å². The third-order valence-electron chi connectivity index (χ3n) is 4.04. The molecule has 0 unspecified atom stereocenters. The molecule has 0 fully saturated rings. The number of rotatable bonds is 6. The number of aromatic nitrogens is 4. The van der Waals surface area contributed by atoms with Crippen LogP contribution < -0.4 is 10.6 Å². The lowest BCUT2D eigenvalue weighted by Crippen LogP contribution is -2.36. The largest absolute Gasteiger partial charge is 0.443 e. The van der Waals surface area contributed by atoms with Gasteiger partial charge in [0.2, 0.25) is 5.89 Å². The van der Waals surface area contributed by atoms with Gasteiger partial charge in [0, 0.05) is 30.6 Å². The van der Waals surface area contributed by atoms with Crippen molar-refractivity contribution in [2.75, 3.05) is 6.54 Å². The average Bonchev–Trinajstić information content (AvgIpc) is 3.36. The molecule has 0 bridgehead atoms. The van der Waals surface area contributed by atoms with Gasteiger partial charge >= 0.3 is 0 Å². The summed E-state index contributed by atoms with van der Waals surface area (Å²) in [4.78, 5) is 17.4. The Hall–Kier alpha value is -3.16. The van der Waals surface area contributed by atoms with Crippen LogP contribution in [0.15, 0.2) is 52.7 Å². The van der Waals surface area contributed by atoms with Gasteiger partial charge < -0.3 is 15.1 Å². The van der Waals surface area contributed by atoms with E-state index >= 15 is 0 Å². The smallest absolute Gasteiger partial charge is 0.213 e. The van der Waals surface area contributed by atoms with Crippen LogP contribution in [-0.2, 0) is 18.5 Å². The first kappa shape index (κ1) is 19.6. The van der Waals surface area contributed by atoms with Crippen molar-refractivity contribution in [3.8, 4) is 5.82 Å². The molecule has 0 saturated heterocycles. The van der Waals surface area contributed by atoms with Gasteiger partial charge in [-0.15, -0.1) is 0 Å². The summed E-state index contributed by atoms with van der Waals surface area (Å²) in [6.45, 7) is 10.1. The van der Waals surface area contributed by atoms with E-state index in [9.17, 15) is 0 Å². The minimum atomic E-state index is -0.0574. The number of hydrogen-bond donors (Lipinski definition) is 2. The normalized spacial score (nSPS) is 12.2. The van der Waals surface area contributed by atoms with Crippen LogP contribution in [0, 0.1) is 0 Å². The molecule has 0 atom stereocenters. The number of guanidine groups is 1. The zero-order chi connectivity index (χ0) is 20.0. The van der Waals surface area contributed by atoms with Gasteiger partial charge in [0.25, 0.3) is 0 Å². The van der Waals surface area contributed by atoms with Crippen LogP contribution >= 0.6 is 0 Å². The summed E-state index contributed by atoms with van der Waals surface area (Å²) in [6.07, 6.45) is 8.89. The van der Waals surface area contributed by atoms with Crippen molar-refractivity contribution in [1.29, 1.82) is 0 Å². The summed E-state index contributed by atoms with van der Waals surface area (Å²) >= 11 is 0. The van der Waals surface area contributed by atoms with Crippen molar-refractivity contribution >= 4 is 5.96 Å². The zero-order valence-electron chi connectivity index (χ0n) is 16.8. The molecule has 148 valence electrons. The molecular formula is C20H27N7O. The highest BCUT2D eigenvalue weighted by atomic mass is 16.4. The maximum absolute atomic E-state index is 5.82. The molecule has 3 heterocycles. The predicted octanol–water partition coefficient (Wildman–Crippen LogP) is 2.81. The van der Waals surface area contributed by atoms with Crippen molar-refractivity contribution in [3.63, 3.8) is 0 Å². The summed E-state index contributed by atoms with van der Waals surface area (Å²) in [5, 5.41) is 6.51. The molecule has 2 N–H and O–H groups in total. The van der Waals surface area contributed by atoms with Crippen molar-refractivity contribution in [3.05, 3.63) is 60.5 Å². The van der Waals surface area contributed by atoms with E-state index in [1.165, 1.54) is 0 Å². The van der Waals surface area contributed by atoms with Crippen LogP contribution in [0.5, 0.6) is 0 Å². The Morgan fingerprint density at radius 1 is 1.21 bits per heavy atom. The van der Waals surface area contributed by atoms with Crippen LogP contribution in [0.2, 0.25) is 0 Å². The number of nitrogens with one attached hydrogen (secondary N) is 2. The number of pyridine rings is 1. The highest BCUT2D eigenvalue weighted by molar-refractivity contribution is 5.79. The van der Waals surface area contributed by atoms with E-state index in [1.807, 2.05) is 29.8 Å². The summed E-state index contributed by atoms with van der Waals surface area (Å²) in [5.74, 6) is 3.04. The van der Waals surface area contributed by atoms with Crippen LogP contribution in [0.4, 0.5) is 0 Å². The third-order valence-corrected chi connectivity index (χ3v) is 4.04. The van der Waals surface area contributed by atoms with Gasteiger partial charge in [-0.25, -0.2) is 19.9 Å². The predicted molar refractivity (Wildman–Crippen MR) is 108 cm³/mol. The van der Waals surface area contributed by atoms with E-state index in [1.54, 1.807) is 24.9 Å². The van der Waals surface area contributed by atoms with E-state index in [0.717, 1.165) is 23.7 Å². The maximum atomic E-state index is 5.82. The zero-order valence-corrected chi connectivity index (χ0v) is 16.8. The van der Waals surface area contributed by atoms with Crippen molar-refractivity contribution in [2.45, 2.75) is 46.2 Å². The van der Waals surface area contributed by atoms with Crippen LogP contribution in [0.3, 0.4) is 0 Å². The number of oxazole rings is 1. The lowest BCUT2D eigenvalue weighted by atomic mass is 9.94.